The van der Waals surface area contributed by atoms with E-state index in [-0.39, 0.29) is 5.15 Å². The maximum atomic E-state index is 12.6. The molecule has 0 fully saturated rings. The molecule has 0 aliphatic carbocycles. The Bertz CT molecular complexity index is 458. The topological polar surface area (TPSA) is 68.1 Å². The number of pyridine rings is 1. The van der Waals surface area contributed by atoms with E-state index in [2.05, 4.69) is 4.98 Å². The lowest BCUT2D eigenvalue weighted by molar-refractivity contribution is -0.384. The predicted octanol–water partition coefficient (Wildman–Crippen LogP) is 2.96. The van der Waals surface area contributed by atoms with Crippen molar-refractivity contribution in [2.75, 3.05) is 11.9 Å². The average Bonchev–Trinajstić information content (AvgIpc) is 2.26. The van der Waals surface area contributed by atoms with Crippen LogP contribution in [0.4, 0.5) is 29.1 Å². The minimum Gasteiger partial charge on any atom is -0.358 e. The Kier molecular flexibility index (Phi) is 4.28. The van der Waals surface area contributed by atoms with Crippen LogP contribution in [0, 0.1) is 10.1 Å². The van der Waals surface area contributed by atoms with Crippen molar-refractivity contribution in [3.63, 3.8) is 0 Å². The molecule has 0 amide bonds. The van der Waals surface area contributed by atoms with Gasteiger partial charge in [0, 0.05) is 6.07 Å². The number of nitrogens with zero attached hydrogens (tertiary/aromatic N) is 2. The summed E-state index contributed by atoms with van der Waals surface area (Å²) in [6.45, 7) is -1.49. The number of hydrogen-bond acceptors (Lipinski definition) is 4. The average molecular weight is 288 g/mol. The van der Waals surface area contributed by atoms with E-state index in [1.165, 1.54) is 0 Å². The van der Waals surface area contributed by atoms with Crippen molar-refractivity contribution in [2.24, 2.45) is 0 Å². The smallest absolute Gasteiger partial charge is 0.324 e. The minimum atomic E-state index is -4.32. The molecule has 0 aliphatic rings. The number of hydrogen-bond donors (Lipinski definition) is 1. The van der Waals surface area contributed by atoms with Crippen LogP contribution in [-0.4, -0.2) is 28.8 Å². The fourth-order valence-electron chi connectivity index (χ4n) is 0.984. The molecular formula is C8H6ClF4N3O2. The van der Waals surface area contributed by atoms with Gasteiger partial charge in [0.15, 0.2) is 0 Å². The zero-order valence-electron chi connectivity index (χ0n) is 8.54. The molecule has 0 bridgehead atoms. The Morgan fingerprint density at radius 1 is 1.50 bits per heavy atom. The van der Waals surface area contributed by atoms with Crippen molar-refractivity contribution in [1.82, 2.24) is 4.98 Å². The normalized spacial score (nSPS) is 11.7. The molecule has 5 nitrogen and oxygen atoms in total. The summed E-state index contributed by atoms with van der Waals surface area (Å²) in [6.07, 6.45) is -3.89. The Hall–Kier alpha value is -1.64. The van der Waals surface area contributed by atoms with Gasteiger partial charge in [0.25, 0.3) is 0 Å². The van der Waals surface area contributed by atoms with Crippen LogP contribution >= 0.6 is 11.6 Å². The first-order valence-electron chi connectivity index (χ1n) is 4.45. The summed E-state index contributed by atoms with van der Waals surface area (Å²) in [5.74, 6) is -4.91. The van der Waals surface area contributed by atoms with Gasteiger partial charge in [0.05, 0.1) is 11.5 Å². The number of nitrogens with one attached hydrogen (secondary N) is 1. The number of anilines is 1. The lowest BCUT2D eigenvalue weighted by atomic mass is 10.3. The summed E-state index contributed by atoms with van der Waals surface area (Å²) in [4.78, 5) is 13.0. The molecule has 1 aromatic heterocycles. The van der Waals surface area contributed by atoms with E-state index in [0.29, 0.717) is 0 Å². The molecular weight excluding hydrogens is 282 g/mol. The largest absolute Gasteiger partial charge is 0.358 e. The standard InChI is InChI=1S/C8H6ClF4N3O2/c9-5-2-1-4(16(17)18)6(15-5)14-3-8(12,13)7(10)11/h1-2,7H,3H2,(H,14,15). The lowest BCUT2D eigenvalue weighted by Gasteiger charge is -2.16. The predicted molar refractivity (Wildman–Crippen MR) is 55.3 cm³/mol. The monoisotopic (exact) mass is 287 g/mol. The van der Waals surface area contributed by atoms with E-state index in [9.17, 15) is 27.7 Å². The first-order valence-corrected chi connectivity index (χ1v) is 4.82. The molecule has 100 valence electrons. The Labute approximate surface area is 103 Å². The summed E-state index contributed by atoms with van der Waals surface area (Å²) in [6, 6.07) is 2.01. The van der Waals surface area contributed by atoms with Gasteiger partial charge in [-0.2, -0.15) is 8.78 Å². The van der Waals surface area contributed by atoms with E-state index in [1.54, 1.807) is 5.32 Å². The molecule has 0 radical (unpaired) electrons. The lowest BCUT2D eigenvalue weighted by Crippen LogP contribution is -2.35. The molecule has 0 saturated carbocycles. The number of rotatable bonds is 5. The molecule has 0 aliphatic heterocycles. The first kappa shape index (κ1) is 14.4. The molecule has 0 spiro atoms. The highest BCUT2D eigenvalue weighted by Gasteiger charge is 2.40. The quantitative estimate of drug-likeness (QED) is 0.391. The molecule has 18 heavy (non-hydrogen) atoms. The highest BCUT2D eigenvalue weighted by atomic mass is 35.5. The van der Waals surface area contributed by atoms with Gasteiger partial charge >= 0.3 is 18.0 Å². The summed E-state index contributed by atoms with van der Waals surface area (Å²) in [7, 11) is 0. The summed E-state index contributed by atoms with van der Waals surface area (Å²) in [5, 5.41) is 12.1. The second-order valence-electron chi connectivity index (χ2n) is 3.17. The maximum absolute atomic E-state index is 12.6. The van der Waals surface area contributed by atoms with Crippen LogP contribution in [0.5, 0.6) is 0 Å². The van der Waals surface area contributed by atoms with Gasteiger partial charge in [-0.15, -0.1) is 0 Å². The fourth-order valence-corrected chi connectivity index (χ4v) is 1.13. The van der Waals surface area contributed by atoms with Crippen LogP contribution < -0.4 is 5.32 Å². The Balaban J connectivity index is 2.90. The molecule has 10 heteroatoms. The Morgan fingerprint density at radius 3 is 2.61 bits per heavy atom. The highest BCUT2D eigenvalue weighted by Crippen LogP contribution is 2.27. The van der Waals surface area contributed by atoms with Gasteiger partial charge < -0.3 is 5.32 Å². The van der Waals surface area contributed by atoms with Crippen LogP contribution in [0.25, 0.3) is 0 Å². The second-order valence-corrected chi connectivity index (χ2v) is 3.56. The first-order chi connectivity index (χ1) is 8.24. The Morgan fingerprint density at radius 2 is 2.11 bits per heavy atom. The van der Waals surface area contributed by atoms with Crippen molar-refractivity contribution < 1.29 is 22.5 Å². The van der Waals surface area contributed by atoms with Gasteiger partial charge in [-0.3, -0.25) is 10.1 Å². The van der Waals surface area contributed by atoms with Crippen molar-refractivity contribution in [3.8, 4) is 0 Å². The highest BCUT2D eigenvalue weighted by molar-refractivity contribution is 6.29. The van der Waals surface area contributed by atoms with Crippen molar-refractivity contribution >= 4 is 23.1 Å². The van der Waals surface area contributed by atoms with Crippen LogP contribution in [0.15, 0.2) is 12.1 Å². The number of nitro groups is 1. The van der Waals surface area contributed by atoms with Gasteiger partial charge in [-0.05, 0) is 6.07 Å². The molecule has 0 atom stereocenters. The van der Waals surface area contributed by atoms with E-state index < -0.39 is 35.3 Å². The summed E-state index contributed by atoms with van der Waals surface area (Å²) in [5.41, 5.74) is -0.635. The molecule has 0 unspecified atom stereocenters. The summed E-state index contributed by atoms with van der Waals surface area (Å²) < 4.78 is 49.0. The second kappa shape index (κ2) is 5.34. The van der Waals surface area contributed by atoms with Crippen LogP contribution in [-0.2, 0) is 0 Å². The van der Waals surface area contributed by atoms with Gasteiger partial charge in [-0.25, -0.2) is 13.8 Å². The third-order valence-electron chi connectivity index (χ3n) is 1.85. The van der Waals surface area contributed by atoms with Gasteiger partial charge in [0.1, 0.15) is 5.15 Å². The van der Waals surface area contributed by atoms with E-state index >= 15 is 0 Å². The molecule has 1 aromatic rings. The van der Waals surface area contributed by atoms with Crippen molar-refractivity contribution in [1.29, 1.82) is 0 Å². The summed E-state index contributed by atoms with van der Waals surface area (Å²) >= 11 is 5.42. The fraction of sp³-hybridized carbons (Fsp3) is 0.375. The number of aromatic nitrogens is 1. The van der Waals surface area contributed by atoms with E-state index in [1.807, 2.05) is 0 Å². The molecule has 1 heterocycles. The number of alkyl halides is 4. The van der Waals surface area contributed by atoms with Gasteiger partial charge in [-0.1, -0.05) is 11.6 Å². The SMILES string of the molecule is O=[N+]([O-])c1ccc(Cl)nc1NCC(F)(F)C(F)F. The molecule has 0 aromatic carbocycles. The van der Waals surface area contributed by atoms with Crippen LogP contribution in [0.3, 0.4) is 0 Å². The molecule has 1 rings (SSSR count). The van der Waals surface area contributed by atoms with Gasteiger partial charge in [0.2, 0.25) is 5.82 Å². The molecule has 0 saturated heterocycles. The van der Waals surface area contributed by atoms with E-state index in [4.69, 9.17) is 11.6 Å². The van der Waals surface area contributed by atoms with E-state index in [0.717, 1.165) is 12.1 Å². The zero-order valence-corrected chi connectivity index (χ0v) is 9.30. The minimum absolute atomic E-state index is 0.191. The van der Waals surface area contributed by atoms with Crippen LogP contribution in [0.2, 0.25) is 5.15 Å². The maximum Gasteiger partial charge on any atom is 0.324 e. The van der Waals surface area contributed by atoms with Crippen molar-refractivity contribution in [3.05, 3.63) is 27.4 Å². The van der Waals surface area contributed by atoms with Crippen LogP contribution in [0.1, 0.15) is 0 Å². The van der Waals surface area contributed by atoms with Crippen molar-refractivity contribution in [2.45, 2.75) is 12.3 Å². The molecule has 1 N–H and O–H groups in total. The third-order valence-corrected chi connectivity index (χ3v) is 2.06. The third kappa shape index (κ3) is 3.42. The number of halogens is 5. The zero-order chi connectivity index (χ0) is 13.9.